The van der Waals surface area contributed by atoms with Gasteiger partial charge in [0.2, 0.25) is 0 Å². The van der Waals surface area contributed by atoms with E-state index < -0.39 is 0 Å². The zero-order valence-corrected chi connectivity index (χ0v) is 14.2. The van der Waals surface area contributed by atoms with Crippen LogP contribution < -0.4 is 9.47 Å². The maximum atomic E-state index is 12.9. The SMILES string of the molecule is COc1cc(C=NN2CCOCC2)ccc1OCc1ccc(F)cc1. The lowest BCUT2D eigenvalue weighted by atomic mass is 10.2. The normalized spacial score (nSPS) is 14.7. The number of hydrogen-bond acceptors (Lipinski definition) is 5. The Balaban J connectivity index is 1.64. The van der Waals surface area contributed by atoms with E-state index in [1.54, 1.807) is 25.5 Å². The van der Waals surface area contributed by atoms with Crippen molar-refractivity contribution in [1.82, 2.24) is 5.01 Å². The largest absolute Gasteiger partial charge is 0.493 e. The van der Waals surface area contributed by atoms with Crippen molar-refractivity contribution in [1.29, 1.82) is 0 Å². The van der Waals surface area contributed by atoms with Gasteiger partial charge in [-0.2, -0.15) is 5.10 Å². The predicted molar refractivity (Wildman–Crippen MR) is 93.7 cm³/mol. The van der Waals surface area contributed by atoms with Crippen molar-refractivity contribution in [3.63, 3.8) is 0 Å². The van der Waals surface area contributed by atoms with Crippen LogP contribution in [0.3, 0.4) is 0 Å². The van der Waals surface area contributed by atoms with Gasteiger partial charge in [-0.25, -0.2) is 4.39 Å². The molecule has 1 saturated heterocycles. The molecule has 1 heterocycles. The molecular weight excluding hydrogens is 323 g/mol. The van der Waals surface area contributed by atoms with Gasteiger partial charge in [0, 0.05) is 0 Å². The Bertz CT molecular complexity index is 713. The molecule has 132 valence electrons. The first-order valence-electron chi connectivity index (χ1n) is 8.16. The smallest absolute Gasteiger partial charge is 0.161 e. The Hall–Kier alpha value is -2.60. The summed E-state index contributed by atoms with van der Waals surface area (Å²) in [4.78, 5) is 0. The third-order valence-corrected chi connectivity index (χ3v) is 3.85. The Morgan fingerprint density at radius 3 is 2.60 bits per heavy atom. The fraction of sp³-hybridized carbons (Fsp3) is 0.316. The van der Waals surface area contributed by atoms with Gasteiger partial charge in [-0.1, -0.05) is 12.1 Å². The number of morpholine rings is 1. The number of benzene rings is 2. The van der Waals surface area contributed by atoms with Gasteiger partial charge in [0.15, 0.2) is 11.5 Å². The summed E-state index contributed by atoms with van der Waals surface area (Å²) in [6.45, 7) is 3.35. The molecule has 0 aromatic heterocycles. The molecule has 0 amide bonds. The number of methoxy groups -OCH3 is 1. The molecule has 3 rings (SSSR count). The summed E-state index contributed by atoms with van der Waals surface area (Å²) >= 11 is 0. The zero-order chi connectivity index (χ0) is 17.5. The molecule has 0 aliphatic carbocycles. The van der Waals surface area contributed by atoms with Gasteiger partial charge in [-0.05, 0) is 41.5 Å². The molecule has 5 nitrogen and oxygen atoms in total. The van der Waals surface area contributed by atoms with Crippen molar-refractivity contribution in [3.8, 4) is 11.5 Å². The van der Waals surface area contributed by atoms with Crippen LogP contribution in [0.1, 0.15) is 11.1 Å². The highest BCUT2D eigenvalue weighted by Gasteiger charge is 2.08. The summed E-state index contributed by atoms with van der Waals surface area (Å²) in [5.41, 5.74) is 1.82. The molecule has 0 unspecified atom stereocenters. The first kappa shape index (κ1) is 17.2. The predicted octanol–water partition coefficient (Wildman–Crippen LogP) is 3.08. The van der Waals surface area contributed by atoms with Crippen molar-refractivity contribution in [2.45, 2.75) is 6.61 Å². The standard InChI is InChI=1S/C19H21FN2O3/c1-23-19-12-16(13-21-22-8-10-24-11-9-22)4-7-18(19)25-14-15-2-5-17(20)6-3-15/h2-7,12-13H,8-11,14H2,1H3. The molecule has 25 heavy (non-hydrogen) atoms. The van der Waals surface area contributed by atoms with Gasteiger partial charge in [0.1, 0.15) is 12.4 Å². The third kappa shape index (κ3) is 4.93. The van der Waals surface area contributed by atoms with Crippen LogP contribution in [0.25, 0.3) is 0 Å². The minimum absolute atomic E-state index is 0.259. The van der Waals surface area contributed by atoms with Crippen LogP contribution in [0, 0.1) is 5.82 Å². The Labute approximate surface area is 146 Å². The molecule has 0 atom stereocenters. The third-order valence-electron chi connectivity index (χ3n) is 3.85. The molecule has 0 N–H and O–H groups in total. The molecule has 2 aromatic carbocycles. The van der Waals surface area contributed by atoms with Gasteiger partial charge in [0.25, 0.3) is 0 Å². The van der Waals surface area contributed by atoms with Crippen LogP contribution >= 0.6 is 0 Å². The monoisotopic (exact) mass is 344 g/mol. The fourth-order valence-corrected chi connectivity index (χ4v) is 2.44. The van der Waals surface area contributed by atoms with Crippen LogP contribution in [-0.4, -0.2) is 44.6 Å². The fourth-order valence-electron chi connectivity index (χ4n) is 2.44. The van der Waals surface area contributed by atoms with Crippen molar-refractivity contribution < 1.29 is 18.6 Å². The topological polar surface area (TPSA) is 43.3 Å². The Morgan fingerprint density at radius 2 is 1.88 bits per heavy atom. The summed E-state index contributed by atoms with van der Waals surface area (Å²) in [6.07, 6.45) is 1.80. The number of ether oxygens (including phenoxy) is 3. The van der Waals surface area contributed by atoms with Crippen LogP contribution in [0.15, 0.2) is 47.6 Å². The summed E-state index contributed by atoms with van der Waals surface area (Å²) in [5, 5.41) is 6.44. The van der Waals surface area contributed by atoms with Gasteiger partial charge in [-0.3, -0.25) is 5.01 Å². The molecule has 2 aromatic rings. The minimum Gasteiger partial charge on any atom is -0.493 e. The van der Waals surface area contributed by atoms with Crippen LogP contribution in [0.2, 0.25) is 0 Å². The van der Waals surface area contributed by atoms with Crippen LogP contribution in [0.4, 0.5) is 4.39 Å². The molecule has 0 radical (unpaired) electrons. The first-order chi connectivity index (χ1) is 12.2. The van der Waals surface area contributed by atoms with E-state index in [0.29, 0.717) is 31.3 Å². The Morgan fingerprint density at radius 1 is 1.12 bits per heavy atom. The minimum atomic E-state index is -0.259. The average Bonchev–Trinajstić information content (AvgIpc) is 2.67. The van der Waals surface area contributed by atoms with E-state index in [1.807, 2.05) is 23.2 Å². The van der Waals surface area contributed by atoms with Gasteiger partial charge < -0.3 is 14.2 Å². The maximum Gasteiger partial charge on any atom is 0.161 e. The average molecular weight is 344 g/mol. The molecule has 0 spiro atoms. The molecule has 0 bridgehead atoms. The van der Waals surface area contributed by atoms with E-state index >= 15 is 0 Å². The lowest BCUT2D eigenvalue weighted by Crippen LogP contribution is -2.32. The van der Waals surface area contributed by atoms with E-state index in [2.05, 4.69) is 5.10 Å². The van der Waals surface area contributed by atoms with Crippen molar-refractivity contribution in [2.75, 3.05) is 33.4 Å². The number of rotatable bonds is 6. The van der Waals surface area contributed by atoms with Gasteiger partial charge in [-0.15, -0.1) is 0 Å². The maximum absolute atomic E-state index is 12.9. The van der Waals surface area contributed by atoms with Crippen LogP contribution in [-0.2, 0) is 11.3 Å². The summed E-state index contributed by atoms with van der Waals surface area (Å²) < 4.78 is 29.4. The zero-order valence-electron chi connectivity index (χ0n) is 14.2. The van der Waals surface area contributed by atoms with E-state index in [0.717, 1.165) is 24.2 Å². The second-order valence-electron chi connectivity index (χ2n) is 5.64. The second kappa shape index (κ2) is 8.48. The van der Waals surface area contributed by atoms with E-state index in [1.165, 1.54) is 12.1 Å². The second-order valence-corrected chi connectivity index (χ2v) is 5.64. The molecular formula is C19H21FN2O3. The van der Waals surface area contributed by atoms with E-state index in [4.69, 9.17) is 14.2 Å². The first-order valence-corrected chi connectivity index (χ1v) is 8.16. The summed E-state index contributed by atoms with van der Waals surface area (Å²) in [5.74, 6) is 1.01. The van der Waals surface area contributed by atoms with E-state index in [9.17, 15) is 4.39 Å². The molecule has 1 aliphatic heterocycles. The Kier molecular flexibility index (Phi) is 5.85. The van der Waals surface area contributed by atoms with Crippen LogP contribution in [0.5, 0.6) is 11.5 Å². The molecule has 0 saturated carbocycles. The number of nitrogens with zero attached hydrogens (tertiary/aromatic N) is 2. The highest BCUT2D eigenvalue weighted by atomic mass is 19.1. The number of hydrogen-bond donors (Lipinski definition) is 0. The summed E-state index contributed by atoms with van der Waals surface area (Å²) in [6, 6.07) is 11.9. The molecule has 1 fully saturated rings. The quantitative estimate of drug-likeness (QED) is 0.756. The highest BCUT2D eigenvalue weighted by Crippen LogP contribution is 2.28. The molecule has 1 aliphatic rings. The van der Waals surface area contributed by atoms with E-state index in [-0.39, 0.29) is 5.82 Å². The van der Waals surface area contributed by atoms with Crippen molar-refractivity contribution in [3.05, 3.63) is 59.4 Å². The van der Waals surface area contributed by atoms with Gasteiger partial charge in [0.05, 0.1) is 39.6 Å². The highest BCUT2D eigenvalue weighted by molar-refractivity contribution is 5.80. The summed E-state index contributed by atoms with van der Waals surface area (Å²) in [7, 11) is 1.60. The number of halogens is 1. The van der Waals surface area contributed by atoms with Gasteiger partial charge >= 0.3 is 0 Å². The number of hydrazone groups is 1. The lowest BCUT2D eigenvalue weighted by molar-refractivity contribution is 0.0397. The molecule has 6 heteroatoms. The lowest BCUT2D eigenvalue weighted by Gasteiger charge is -2.23. The van der Waals surface area contributed by atoms with Crippen molar-refractivity contribution in [2.24, 2.45) is 5.10 Å². The van der Waals surface area contributed by atoms with Crippen molar-refractivity contribution >= 4 is 6.21 Å².